The molecule has 2 heterocycles. The van der Waals surface area contributed by atoms with Crippen molar-refractivity contribution in [2.45, 2.75) is 6.04 Å². The zero-order valence-corrected chi connectivity index (χ0v) is 24.3. The standard InChI is InChI=1S/C31H24IN5O5/c1-37-24-15-25(38)20(30(40)41)14-19(24)26(32)27(37)16-10-12-17(13-11-16)29(39)36-31(42)35-21-7-3-2-6-18(21)28-33-22-8-4-5-9-23(22)34-28/h2-15,19,24,38H,1H3,(H,33,34)(H,40,41)(H2,35,36,39,42). The molecular weight excluding hydrogens is 649 g/mol. The van der Waals surface area contributed by atoms with E-state index < -0.39 is 17.9 Å². The number of fused-ring (bicyclic) bond motifs is 2. The molecule has 1 aliphatic carbocycles. The van der Waals surface area contributed by atoms with Crippen LogP contribution in [0.25, 0.3) is 28.1 Å². The van der Waals surface area contributed by atoms with Gasteiger partial charge in [-0.05, 0) is 70.6 Å². The quantitative estimate of drug-likeness (QED) is 0.171. The normalized spacial score (nSPS) is 17.9. The number of aliphatic hydroxyl groups excluding tert-OH is 1. The van der Waals surface area contributed by atoms with Gasteiger partial charge in [0.1, 0.15) is 11.6 Å². The van der Waals surface area contributed by atoms with Crippen molar-refractivity contribution in [3.05, 3.63) is 111 Å². The highest BCUT2D eigenvalue weighted by molar-refractivity contribution is 14.1. The van der Waals surface area contributed by atoms with Crippen LogP contribution in [0.1, 0.15) is 15.9 Å². The molecular formula is C31H24IN5O5. The Kier molecular flexibility index (Phi) is 7.02. The van der Waals surface area contributed by atoms with Gasteiger partial charge >= 0.3 is 12.0 Å². The summed E-state index contributed by atoms with van der Waals surface area (Å²) in [6, 6.07) is 20.7. The number of halogens is 1. The van der Waals surface area contributed by atoms with Gasteiger partial charge in [-0.15, -0.1) is 0 Å². The lowest BCUT2D eigenvalue weighted by Gasteiger charge is -2.28. The number of nitrogens with zero attached hydrogens (tertiary/aromatic N) is 2. The highest BCUT2D eigenvalue weighted by Crippen LogP contribution is 2.46. The van der Waals surface area contributed by atoms with Gasteiger partial charge in [0.25, 0.3) is 5.91 Å². The summed E-state index contributed by atoms with van der Waals surface area (Å²) < 4.78 is 0.919. The van der Waals surface area contributed by atoms with E-state index in [1.54, 1.807) is 48.6 Å². The number of nitrogens with one attached hydrogen (secondary N) is 3. The number of aliphatic hydroxyl groups is 1. The number of aliphatic carboxylic acids is 1. The van der Waals surface area contributed by atoms with E-state index >= 15 is 0 Å². The van der Waals surface area contributed by atoms with Gasteiger partial charge < -0.3 is 25.4 Å². The molecule has 0 bridgehead atoms. The second kappa shape index (κ2) is 10.8. The Morgan fingerprint density at radius 2 is 1.69 bits per heavy atom. The van der Waals surface area contributed by atoms with Crippen LogP contribution in [0.4, 0.5) is 10.5 Å². The lowest BCUT2D eigenvalue weighted by molar-refractivity contribution is -0.132. The molecule has 2 atom stereocenters. The van der Waals surface area contributed by atoms with E-state index in [4.69, 9.17) is 0 Å². The van der Waals surface area contributed by atoms with Crippen molar-refractivity contribution in [2.75, 3.05) is 12.4 Å². The van der Waals surface area contributed by atoms with Crippen molar-refractivity contribution < 1.29 is 24.6 Å². The largest absolute Gasteiger partial charge is 0.507 e. The molecule has 0 radical (unpaired) electrons. The SMILES string of the molecule is CN1C(c2ccc(C(=O)NC(=O)Nc3ccccc3-c3nc4ccccc4[nH]3)cc2)=C(I)C2C=C(C(=O)O)C(O)=CC21. The summed E-state index contributed by atoms with van der Waals surface area (Å²) in [6.45, 7) is 0. The first-order valence-corrected chi connectivity index (χ1v) is 14.0. The number of carboxylic acid groups (broad SMARTS) is 1. The van der Waals surface area contributed by atoms with E-state index in [-0.39, 0.29) is 23.3 Å². The number of anilines is 1. The van der Waals surface area contributed by atoms with Crippen molar-refractivity contribution in [1.29, 1.82) is 0 Å². The highest BCUT2D eigenvalue weighted by atomic mass is 127. The number of aromatic amines is 1. The third kappa shape index (κ3) is 4.91. The van der Waals surface area contributed by atoms with Crippen LogP contribution >= 0.6 is 22.6 Å². The number of carboxylic acids is 1. The van der Waals surface area contributed by atoms with Gasteiger partial charge in [0, 0.05) is 27.7 Å². The summed E-state index contributed by atoms with van der Waals surface area (Å²) in [5.74, 6) is -1.64. The molecule has 11 heteroatoms. The summed E-state index contributed by atoms with van der Waals surface area (Å²) >= 11 is 2.20. The van der Waals surface area contributed by atoms with Crippen LogP contribution in [-0.2, 0) is 4.79 Å². The first-order chi connectivity index (χ1) is 20.2. The molecule has 10 nitrogen and oxygen atoms in total. The van der Waals surface area contributed by atoms with Crippen LogP contribution in [0.3, 0.4) is 0 Å². The van der Waals surface area contributed by atoms with Crippen LogP contribution in [0.2, 0.25) is 0 Å². The maximum atomic E-state index is 12.9. The number of hydrogen-bond donors (Lipinski definition) is 5. The van der Waals surface area contributed by atoms with Crippen LogP contribution in [0, 0.1) is 5.92 Å². The smallest absolute Gasteiger partial charge is 0.339 e. The Labute approximate surface area is 253 Å². The molecule has 1 aromatic heterocycles. The van der Waals surface area contributed by atoms with Crippen molar-refractivity contribution in [2.24, 2.45) is 5.92 Å². The number of hydrogen-bond acceptors (Lipinski definition) is 6. The van der Waals surface area contributed by atoms with Gasteiger partial charge in [0.05, 0.1) is 34.0 Å². The fourth-order valence-electron chi connectivity index (χ4n) is 5.28. The maximum absolute atomic E-state index is 12.9. The molecule has 3 amide bonds. The summed E-state index contributed by atoms with van der Waals surface area (Å²) in [7, 11) is 1.87. The van der Waals surface area contributed by atoms with Crippen LogP contribution < -0.4 is 10.6 Å². The van der Waals surface area contributed by atoms with Crippen LogP contribution in [0.5, 0.6) is 0 Å². The van der Waals surface area contributed by atoms with Crippen LogP contribution in [0.15, 0.2) is 99.9 Å². The minimum atomic E-state index is -1.18. The summed E-state index contributed by atoms with van der Waals surface area (Å²) in [6.07, 6.45) is 3.12. The minimum Gasteiger partial charge on any atom is -0.507 e. The number of amides is 3. The predicted molar refractivity (Wildman–Crippen MR) is 167 cm³/mol. The number of urea groups is 1. The number of carbonyl (C=O) groups is 3. The van der Waals surface area contributed by atoms with Gasteiger partial charge in [-0.25, -0.2) is 14.6 Å². The van der Waals surface area contributed by atoms with E-state index in [1.165, 1.54) is 0 Å². The van der Waals surface area contributed by atoms with E-state index in [2.05, 4.69) is 43.2 Å². The van der Waals surface area contributed by atoms with Crippen molar-refractivity contribution >= 4 is 62.9 Å². The summed E-state index contributed by atoms with van der Waals surface area (Å²) in [4.78, 5) is 47.0. The zero-order valence-electron chi connectivity index (χ0n) is 22.1. The van der Waals surface area contributed by atoms with E-state index in [9.17, 15) is 24.6 Å². The Bertz CT molecular complexity index is 1820. The number of carbonyl (C=O) groups excluding carboxylic acids is 2. The third-order valence-electron chi connectivity index (χ3n) is 7.34. The molecule has 3 aromatic carbocycles. The molecule has 5 N–H and O–H groups in total. The van der Waals surface area contributed by atoms with Gasteiger partial charge in [0.2, 0.25) is 0 Å². The molecule has 2 unspecified atom stereocenters. The Balaban J connectivity index is 1.16. The van der Waals surface area contributed by atoms with Crippen LogP contribution in [-0.4, -0.2) is 56.1 Å². The van der Waals surface area contributed by atoms with Gasteiger partial charge in [-0.2, -0.15) is 0 Å². The Hall–Kier alpha value is -4.91. The first kappa shape index (κ1) is 27.3. The molecule has 0 spiro atoms. The third-order valence-corrected chi connectivity index (χ3v) is 8.57. The van der Waals surface area contributed by atoms with Gasteiger partial charge in [-0.3, -0.25) is 10.1 Å². The van der Waals surface area contributed by atoms with Gasteiger partial charge in [0.15, 0.2) is 0 Å². The summed E-state index contributed by atoms with van der Waals surface area (Å²) in [5.41, 5.74) is 4.69. The number of H-pyrrole nitrogens is 1. The first-order valence-electron chi connectivity index (χ1n) is 13.0. The zero-order chi connectivity index (χ0) is 29.5. The average Bonchev–Trinajstić information content (AvgIpc) is 3.51. The fraction of sp³-hybridized carbons (Fsp3) is 0.0968. The molecule has 42 heavy (non-hydrogen) atoms. The van der Waals surface area contributed by atoms with Crippen molar-refractivity contribution in [1.82, 2.24) is 20.2 Å². The fourth-order valence-corrected chi connectivity index (χ4v) is 6.52. The molecule has 0 saturated heterocycles. The number of likely N-dealkylation sites (N-methyl/N-ethyl adjacent to an activating group) is 1. The average molecular weight is 673 g/mol. The van der Waals surface area contributed by atoms with Crippen molar-refractivity contribution in [3.8, 4) is 11.4 Å². The van der Waals surface area contributed by atoms with Crippen molar-refractivity contribution in [3.63, 3.8) is 0 Å². The summed E-state index contributed by atoms with van der Waals surface area (Å²) in [5, 5.41) is 24.7. The predicted octanol–water partition coefficient (Wildman–Crippen LogP) is 5.69. The number of benzene rings is 3. The molecule has 4 aromatic rings. The number of aromatic nitrogens is 2. The lowest BCUT2D eigenvalue weighted by Crippen LogP contribution is -2.34. The number of imide groups is 1. The Morgan fingerprint density at radius 3 is 2.43 bits per heavy atom. The second-order valence-electron chi connectivity index (χ2n) is 9.89. The van der Waals surface area contributed by atoms with E-state index in [0.717, 1.165) is 25.9 Å². The minimum absolute atomic E-state index is 0.120. The number of rotatable bonds is 5. The Morgan fingerprint density at radius 1 is 0.976 bits per heavy atom. The molecule has 0 saturated carbocycles. The highest BCUT2D eigenvalue weighted by Gasteiger charge is 2.40. The molecule has 1 aliphatic heterocycles. The lowest BCUT2D eigenvalue weighted by atomic mass is 9.91. The molecule has 6 rings (SSSR count). The van der Waals surface area contributed by atoms with Gasteiger partial charge in [-0.1, -0.05) is 42.5 Å². The van der Waals surface area contributed by atoms with E-state index in [1.807, 2.05) is 48.3 Å². The number of para-hydroxylation sites is 3. The van der Waals surface area contributed by atoms with E-state index in [0.29, 0.717) is 22.6 Å². The molecule has 210 valence electrons. The number of imidazole rings is 1. The topological polar surface area (TPSA) is 148 Å². The monoisotopic (exact) mass is 673 g/mol. The second-order valence-corrected chi connectivity index (χ2v) is 11.1. The molecule has 0 fully saturated rings. The maximum Gasteiger partial charge on any atom is 0.339 e. The molecule has 2 aliphatic rings.